The molecule has 0 radical (unpaired) electrons. The van der Waals surface area contributed by atoms with Gasteiger partial charge in [0.25, 0.3) is 0 Å². The second-order valence-corrected chi connectivity index (χ2v) is 12.6. The number of hydrogen-bond donors (Lipinski definition) is 0. The van der Waals surface area contributed by atoms with Gasteiger partial charge in [-0.05, 0) is 0 Å². The zero-order valence-electron chi connectivity index (χ0n) is 20.0. The van der Waals surface area contributed by atoms with Gasteiger partial charge in [-0.2, -0.15) is 0 Å². The van der Waals surface area contributed by atoms with Crippen molar-refractivity contribution in [2.75, 3.05) is 19.6 Å². The van der Waals surface area contributed by atoms with E-state index in [4.69, 9.17) is 0 Å². The number of benzene rings is 4. The van der Waals surface area contributed by atoms with Crippen molar-refractivity contribution in [1.82, 2.24) is 4.90 Å². The van der Waals surface area contributed by atoms with Crippen molar-refractivity contribution < 1.29 is 0 Å². The van der Waals surface area contributed by atoms with Crippen LogP contribution in [0, 0.1) is 0 Å². The van der Waals surface area contributed by atoms with Crippen LogP contribution in [0.2, 0.25) is 0 Å². The van der Waals surface area contributed by atoms with Crippen LogP contribution in [0.4, 0.5) is 0 Å². The molecule has 0 bridgehead atoms. The van der Waals surface area contributed by atoms with Crippen LogP contribution in [-0.2, 0) is 12.6 Å². The topological polar surface area (TPSA) is 3.24 Å². The summed E-state index contributed by atoms with van der Waals surface area (Å²) >= 11 is 0. The summed E-state index contributed by atoms with van der Waals surface area (Å²) in [4.78, 5) is 2.53. The Bertz CT molecular complexity index is 1070. The van der Waals surface area contributed by atoms with E-state index in [1.165, 1.54) is 21.7 Å². The van der Waals surface area contributed by atoms with Gasteiger partial charge in [0.1, 0.15) is 0 Å². The maximum atomic E-state index is 2.53. The molecule has 33 heavy (non-hydrogen) atoms. The fraction of sp³-hybridized carbons (Fsp3) is 0.226. The molecule has 0 aliphatic carbocycles. The average Bonchev–Trinajstić information content (AvgIpc) is 2.90. The summed E-state index contributed by atoms with van der Waals surface area (Å²) in [5.74, 6) is 0. The summed E-state index contributed by atoms with van der Waals surface area (Å²) < 4.78 is 0. The standard InChI is InChI=1S/C31H36NP/c1-3-32(4-2)25-24-28-18-14-15-23-31(28)33(29-19-10-6-11-20-29,30-21-12-7-13-22-30)26-27-16-8-5-9-17-27/h5-23,33H,3-4,24-26H2,1-2H3. The molecule has 0 aliphatic rings. The molecule has 4 aromatic carbocycles. The van der Waals surface area contributed by atoms with E-state index in [0.717, 1.165) is 32.2 Å². The van der Waals surface area contributed by atoms with Gasteiger partial charge < -0.3 is 0 Å². The molecule has 0 spiro atoms. The van der Waals surface area contributed by atoms with E-state index >= 15 is 0 Å². The van der Waals surface area contributed by atoms with E-state index < -0.39 is 7.26 Å². The second-order valence-electron chi connectivity index (χ2n) is 8.73. The molecule has 0 saturated heterocycles. The number of rotatable bonds is 10. The van der Waals surface area contributed by atoms with Crippen LogP contribution in [0.5, 0.6) is 0 Å². The summed E-state index contributed by atoms with van der Waals surface area (Å²) in [6.07, 6.45) is 2.14. The first-order chi connectivity index (χ1) is 16.3. The van der Waals surface area contributed by atoms with Gasteiger partial charge in [0.05, 0.1) is 0 Å². The molecule has 170 valence electrons. The summed E-state index contributed by atoms with van der Waals surface area (Å²) in [5.41, 5.74) is 2.91. The molecule has 4 aromatic rings. The summed E-state index contributed by atoms with van der Waals surface area (Å²) in [5, 5.41) is 4.52. The van der Waals surface area contributed by atoms with Crippen molar-refractivity contribution in [3.63, 3.8) is 0 Å². The Kier molecular flexibility index (Phi) is 8.10. The predicted octanol–water partition coefficient (Wildman–Crippen LogP) is 5.80. The van der Waals surface area contributed by atoms with Crippen molar-refractivity contribution in [2.45, 2.75) is 26.4 Å². The fourth-order valence-electron chi connectivity index (χ4n) is 5.10. The molecule has 0 atom stereocenters. The Hall–Kier alpha value is -2.73. The van der Waals surface area contributed by atoms with Gasteiger partial charge in [0.15, 0.2) is 0 Å². The van der Waals surface area contributed by atoms with Crippen LogP contribution in [0.3, 0.4) is 0 Å². The van der Waals surface area contributed by atoms with Gasteiger partial charge in [0.2, 0.25) is 0 Å². The van der Waals surface area contributed by atoms with Crippen LogP contribution in [0.1, 0.15) is 25.0 Å². The van der Waals surface area contributed by atoms with Gasteiger partial charge >= 0.3 is 201 Å². The van der Waals surface area contributed by atoms with Gasteiger partial charge in [0, 0.05) is 0 Å². The Balaban J connectivity index is 1.93. The monoisotopic (exact) mass is 453 g/mol. The van der Waals surface area contributed by atoms with Crippen LogP contribution in [0.15, 0.2) is 115 Å². The summed E-state index contributed by atoms with van der Waals surface area (Å²) in [6.45, 7) is 7.82. The van der Waals surface area contributed by atoms with E-state index in [-0.39, 0.29) is 0 Å². The average molecular weight is 454 g/mol. The third-order valence-electron chi connectivity index (χ3n) is 6.91. The van der Waals surface area contributed by atoms with E-state index in [9.17, 15) is 0 Å². The molecule has 1 nitrogen and oxygen atoms in total. The van der Waals surface area contributed by atoms with Gasteiger partial charge in [-0.15, -0.1) is 0 Å². The van der Waals surface area contributed by atoms with Gasteiger partial charge in [-0.3, -0.25) is 0 Å². The van der Waals surface area contributed by atoms with E-state index in [2.05, 4.69) is 134 Å². The fourth-order valence-corrected chi connectivity index (χ4v) is 10.2. The molecule has 0 aliphatic heterocycles. The molecule has 0 fully saturated rings. The Labute approximate surface area is 200 Å². The molecule has 2 heteroatoms. The van der Waals surface area contributed by atoms with Gasteiger partial charge in [-0.1, -0.05) is 0 Å². The first kappa shape index (κ1) is 23.4. The number of nitrogens with zero attached hydrogens (tertiary/aromatic N) is 1. The molecular formula is C31H36NP. The molecule has 4 rings (SSSR count). The molecule has 0 amide bonds. The Morgan fingerprint density at radius 3 is 1.61 bits per heavy atom. The molecule has 0 saturated carbocycles. The maximum absolute atomic E-state index is 2.53. The quantitative estimate of drug-likeness (QED) is 0.275. The third kappa shape index (κ3) is 5.27. The zero-order valence-corrected chi connectivity index (χ0v) is 21.0. The predicted molar refractivity (Wildman–Crippen MR) is 148 cm³/mol. The van der Waals surface area contributed by atoms with Crippen LogP contribution >= 0.6 is 7.26 Å². The Morgan fingerprint density at radius 1 is 0.576 bits per heavy atom. The minimum atomic E-state index is -2.32. The normalized spacial score (nSPS) is 12.1. The van der Waals surface area contributed by atoms with Crippen LogP contribution in [-0.4, -0.2) is 24.5 Å². The molecule has 0 unspecified atom stereocenters. The minimum absolute atomic E-state index is 1.06. The zero-order chi connectivity index (χ0) is 22.9. The second kappa shape index (κ2) is 11.4. The first-order valence-corrected chi connectivity index (χ1v) is 14.4. The van der Waals surface area contributed by atoms with Crippen molar-refractivity contribution in [1.29, 1.82) is 0 Å². The molecule has 0 heterocycles. The van der Waals surface area contributed by atoms with Crippen molar-refractivity contribution >= 4 is 23.2 Å². The molecular weight excluding hydrogens is 417 g/mol. The summed E-state index contributed by atoms with van der Waals surface area (Å²) in [6, 6.07) is 42.9. The van der Waals surface area contributed by atoms with E-state index in [0.29, 0.717) is 0 Å². The van der Waals surface area contributed by atoms with E-state index in [1.54, 1.807) is 5.30 Å². The van der Waals surface area contributed by atoms with Gasteiger partial charge in [-0.25, -0.2) is 0 Å². The summed E-state index contributed by atoms with van der Waals surface area (Å²) in [7, 11) is -2.32. The SMILES string of the molecule is CCN(CC)CCc1ccccc1[PH](Cc1ccccc1)(c1ccccc1)c1ccccc1. The van der Waals surface area contributed by atoms with Crippen LogP contribution in [0.25, 0.3) is 0 Å². The number of hydrogen-bond acceptors (Lipinski definition) is 1. The number of likely N-dealkylation sites (N-methyl/N-ethyl adjacent to an activating group) is 1. The van der Waals surface area contributed by atoms with E-state index in [1.807, 2.05) is 0 Å². The Morgan fingerprint density at radius 2 is 1.06 bits per heavy atom. The van der Waals surface area contributed by atoms with Crippen LogP contribution < -0.4 is 15.9 Å². The third-order valence-corrected chi connectivity index (χ3v) is 11.9. The molecule has 0 N–H and O–H groups in total. The molecule has 0 aromatic heterocycles. The van der Waals surface area contributed by atoms with Crippen molar-refractivity contribution in [3.05, 3.63) is 126 Å². The first-order valence-electron chi connectivity index (χ1n) is 12.2. The van der Waals surface area contributed by atoms with Crippen molar-refractivity contribution in [2.24, 2.45) is 0 Å². The van der Waals surface area contributed by atoms with Crippen molar-refractivity contribution in [3.8, 4) is 0 Å².